The number of ether oxygens (including phenoxy) is 1. The molecule has 1 amide bonds. The maximum atomic E-state index is 12.4. The lowest BCUT2D eigenvalue weighted by Gasteiger charge is -2.21. The molecule has 0 saturated heterocycles. The minimum Gasteiger partial charge on any atom is -0.368 e. The second-order valence-corrected chi connectivity index (χ2v) is 5.20. The summed E-state index contributed by atoms with van der Waals surface area (Å²) in [5.41, 5.74) is 1.78. The molecule has 0 aliphatic carbocycles. The lowest BCUT2D eigenvalue weighted by atomic mass is 10.0. The highest BCUT2D eigenvalue weighted by Crippen LogP contribution is 2.20. The van der Waals surface area contributed by atoms with Crippen molar-refractivity contribution in [1.29, 1.82) is 0 Å². The standard InChI is InChI=1S/C19H22N2O2/c1-3-4-14-23-15(2)19(22)21-18(16-10-6-5-7-11-16)17-12-8-9-13-20-17/h3,5-13,15,18H,1,4,14H2,2H3,(H,21,22)/t15-,18+/m0/s1. The average molecular weight is 310 g/mol. The van der Waals surface area contributed by atoms with Crippen LogP contribution in [-0.2, 0) is 9.53 Å². The molecule has 1 N–H and O–H groups in total. The Morgan fingerprint density at radius 2 is 2.00 bits per heavy atom. The molecule has 1 aromatic carbocycles. The van der Waals surface area contributed by atoms with Gasteiger partial charge in [-0.3, -0.25) is 9.78 Å². The van der Waals surface area contributed by atoms with E-state index in [1.54, 1.807) is 19.2 Å². The van der Waals surface area contributed by atoms with Crippen molar-refractivity contribution in [3.05, 3.63) is 78.6 Å². The van der Waals surface area contributed by atoms with Crippen molar-refractivity contribution in [3.8, 4) is 0 Å². The maximum absolute atomic E-state index is 12.4. The third-order valence-electron chi connectivity index (χ3n) is 3.46. The lowest BCUT2D eigenvalue weighted by molar-refractivity contribution is -0.132. The number of nitrogens with zero attached hydrogens (tertiary/aromatic N) is 1. The summed E-state index contributed by atoms with van der Waals surface area (Å²) in [4.78, 5) is 16.8. The fraction of sp³-hybridized carbons (Fsp3) is 0.263. The Morgan fingerprint density at radius 1 is 1.26 bits per heavy atom. The number of carbonyl (C=O) groups is 1. The quantitative estimate of drug-likeness (QED) is 0.601. The SMILES string of the molecule is C=CCCO[C@@H](C)C(=O)N[C@H](c1ccccc1)c1ccccn1. The van der Waals surface area contributed by atoms with Gasteiger partial charge in [-0.1, -0.05) is 42.5 Å². The molecule has 0 fully saturated rings. The zero-order valence-electron chi connectivity index (χ0n) is 13.3. The zero-order chi connectivity index (χ0) is 16.5. The van der Waals surface area contributed by atoms with Crippen LogP contribution < -0.4 is 5.32 Å². The van der Waals surface area contributed by atoms with Crippen LogP contribution in [0.1, 0.15) is 30.6 Å². The largest absolute Gasteiger partial charge is 0.368 e. The molecule has 23 heavy (non-hydrogen) atoms. The molecule has 0 radical (unpaired) electrons. The summed E-state index contributed by atoms with van der Waals surface area (Å²) < 4.78 is 5.51. The normalized spacial score (nSPS) is 13.1. The van der Waals surface area contributed by atoms with Crippen LogP contribution in [0.5, 0.6) is 0 Å². The molecule has 4 heteroatoms. The van der Waals surface area contributed by atoms with Gasteiger partial charge in [0.15, 0.2) is 0 Å². The number of rotatable bonds is 8. The van der Waals surface area contributed by atoms with Crippen LogP contribution in [0.4, 0.5) is 0 Å². The molecule has 2 atom stereocenters. The van der Waals surface area contributed by atoms with E-state index in [4.69, 9.17) is 4.74 Å². The number of hydrogen-bond acceptors (Lipinski definition) is 3. The van der Waals surface area contributed by atoms with Crippen LogP contribution in [0.15, 0.2) is 67.4 Å². The van der Waals surface area contributed by atoms with Crippen LogP contribution in [0.3, 0.4) is 0 Å². The third kappa shape index (κ3) is 5.04. The first-order valence-electron chi connectivity index (χ1n) is 7.71. The predicted molar refractivity (Wildman–Crippen MR) is 90.9 cm³/mol. The molecular weight excluding hydrogens is 288 g/mol. The molecule has 0 unspecified atom stereocenters. The maximum Gasteiger partial charge on any atom is 0.249 e. The average Bonchev–Trinajstić information content (AvgIpc) is 2.61. The van der Waals surface area contributed by atoms with E-state index in [0.29, 0.717) is 6.61 Å². The highest BCUT2D eigenvalue weighted by atomic mass is 16.5. The van der Waals surface area contributed by atoms with Crippen molar-refractivity contribution < 1.29 is 9.53 Å². The number of nitrogens with one attached hydrogen (secondary N) is 1. The van der Waals surface area contributed by atoms with Crippen molar-refractivity contribution in [2.75, 3.05) is 6.61 Å². The van der Waals surface area contributed by atoms with Crippen LogP contribution in [0.25, 0.3) is 0 Å². The molecule has 0 saturated carbocycles. The van der Waals surface area contributed by atoms with Gasteiger partial charge in [0, 0.05) is 6.20 Å². The molecule has 1 aromatic heterocycles. The number of amides is 1. The van der Waals surface area contributed by atoms with Gasteiger partial charge in [-0.2, -0.15) is 0 Å². The molecule has 2 rings (SSSR count). The Labute approximate surface area is 137 Å². The summed E-state index contributed by atoms with van der Waals surface area (Å²) in [6.07, 6.45) is 3.69. The predicted octanol–water partition coefficient (Wildman–Crippen LogP) is 3.27. The van der Waals surface area contributed by atoms with Gasteiger partial charge in [0.25, 0.3) is 0 Å². The fourth-order valence-electron chi connectivity index (χ4n) is 2.18. The van der Waals surface area contributed by atoms with Gasteiger partial charge >= 0.3 is 0 Å². The topological polar surface area (TPSA) is 51.2 Å². The Balaban J connectivity index is 2.12. The summed E-state index contributed by atoms with van der Waals surface area (Å²) in [7, 11) is 0. The second-order valence-electron chi connectivity index (χ2n) is 5.20. The van der Waals surface area contributed by atoms with E-state index in [0.717, 1.165) is 17.7 Å². The Hall–Kier alpha value is -2.46. The minimum absolute atomic E-state index is 0.159. The number of hydrogen-bond donors (Lipinski definition) is 1. The fourth-order valence-corrected chi connectivity index (χ4v) is 2.18. The summed E-state index contributed by atoms with van der Waals surface area (Å²) in [5, 5.41) is 3.02. The Kier molecular flexibility index (Phi) is 6.51. The molecule has 2 aromatic rings. The van der Waals surface area contributed by atoms with Crippen LogP contribution >= 0.6 is 0 Å². The summed E-state index contributed by atoms with van der Waals surface area (Å²) in [6.45, 7) is 5.87. The minimum atomic E-state index is -0.523. The second kappa shape index (κ2) is 8.86. The van der Waals surface area contributed by atoms with Gasteiger partial charge in [-0.25, -0.2) is 0 Å². The smallest absolute Gasteiger partial charge is 0.249 e. The van der Waals surface area contributed by atoms with Crippen LogP contribution in [0.2, 0.25) is 0 Å². The van der Waals surface area contributed by atoms with Gasteiger partial charge in [0.1, 0.15) is 6.10 Å². The van der Waals surface area contributed by atoms with E-state index < -0.39 is 6.10 Å². The molecule has 0 bridgehead atoms. The van der Waals surface area contributed by atoms with Gasteiger partial charge < -0.3 is 10.1 Å². The van der Waals surface area contributed by atoms with Crippen molar-refractivity contribution in [3.63, 3.8) is 0 Å². The Bertz CT molecular complexity index is 574. The highest BCUT2D eigenvalue weighted by Gasteiger charge is 2.21. The van der Waals surface area contributed by atoms with Crippen molar-refractivity contribution in [2.45, 2.75) is 25.5 Å². The molecule has 120 valence electrons. The highest BCUT2D eigenvalue weighted by molar-refractivity contribution is 5.81. The molecule has 4 nitrogen and oxygen atoms in total. The van der Waals surface area contributed by atoms with E-state index in [2.05, 4.69) is 16.9 Å². The number of benzene rings is 1. The number of pyridine rings is 1. The van der Waals surface area contributed by atoms with E-state index in [1.807, 2.05) is 48.5 Å². The molecule has 0 spiro atoms. The summed E-state index contributed by atoms with van der Waals surface area (Å²) in [6, 6.07) is 15.2. The molecule has 1 heterocycles. The first-order valence-corrected chi connectivity index (χ1v) is 7.71. The van der Waals surface area contributed by atoms with Crippen LogP contribution in [0, 0.1) is 0 Å². The van der Waals surface area contributed by atoms with Gasteiger partial charge in [0.05, 0.1) is 18.3 Å². The number of aromatic nitrogens is 1. The van der Waals surface area contributed by atoms with E-state index in [9.17, 15) is 4.79 Å². The monoisotopic (exact) mass is 310 g/mol. The zero-order valence-corrected chi connectivity index (χ0v) is 13.3. The lowest BCUT2D eigenvalue weighted by Crippen LogP contribution is -2.38. The van der Waals surface area contributed by atoms with E-state index in [-0.39, 0.29) is 11.9 Å². The first kappa shape index (κ1) is 16.9. The van der Waals surface area contributed by atoms with Crippen molar-refractivity contribution in [1.82, 2.24) is 10.3 Å². The van der Waals surface area contributed by atoms with Gasteiger partial charge in [0.2, 0.25) is 5.91 Å². The molecule has 0 aliphatic rings. The van der Waals surface area contributed by atoms with Gasteiger partial charge in [-0.15, -0.1) is 6.58 Å². The third-order valence-corrected chi connectivity index (χ3v) is 3.46. The summed E-state index contributed by atoms with van der Waals surface area (Å²) in [5.74, 6) is -0.159. The number of carbonyl (C=O) groups excluding carboxylic acids is 1. The first-order chi connectivity index (χ1) is 11.2. The van der Waals surface area contributed by atoms with E-state index in [1.165, 1.54) is 0 Å². The van der Waals surface area contributed by atoms with E-state index >= 15 is 0 Å². The van der Waals surface area contributed by atoms with Crippen molar-refractivity contribution in [2.24, 2.45) is 0 Å². The van der Waals surface area contributed by atoms with Crippen molar-refractivity contribution >= 4 is 5.91 Å². The summed E-state index contributed by atoms with van der Waals surface area (Å²) >= 11 is 0. The van der Waals surface area contributed by atoms with Crippen LogP contribution in [-0.4, -0.2) is 23.6 Å². The molecule has 0 aliphatic heterocycles. The molecular formula is C19H22N2O2. The Morgan fingerprint density at radius 3 is 2.65 bits per heavy atom. The van der Waals surface area contributed by atoms with Gasteiger partial charge in [-0.05, 0) is 31.0 Å².